The summed E-state index contributed by atoms with van der Waals surface area (Å²) in [4.78, 5) is 8.70. The van der Waals surface area contributed by atoms with Gasteiger partial charge in [0, 0.05) is 30.3 Å². The molecule has 0 bridgehead atoms. The first-order valence-corrected chi connectivity index (χ1v) is 8.67. The quantitative estimate of drug-likeness (QED) is 0.737. The van der Waals surface area contributed by atoms with E-state index in [1.807, 2.05) is 38.1 Å². The fourth-order valence-corrected chi connectivity index (χ4v) is 3.00. The lowest BCUT2D eigenvalue weighted by Crippen LogP contribution is -2.35. The third-order valence-corrected chi connectivity index (χ3v) is 4.32. The standard InChI is InChI=1S/C19H26N4O.2ClH/c1-13(2)24-18-6-4-3-5-14(18)7-8-21-19-11-17(22-12-23-19)15-9-16(20)10-15;;/h3-6,11-13,15-16H,7-10,20H2,1-2H3,(H,21,22,23);2*1H. The van der Waals surface area contributed by atoms with Crippen molar-refractivity contribution in [1.29, 1.82) is 0 Å². The summed E-state index contributed by atoms with van der Waals surface area (Å²) in [5.74, 6) is 2.33. The van der Waals surface area contributed by atoms with Crippen molar-refractivity contribution < 1.29 is 4.74 Å². The molecule has 1 heterocycles. The Hall–Kier alpha value is -1.56. The number of ether oxygens (including phenoxy) is 1. The van der Waals surface area contributed by atoms with E-state index >= 15 is 0 Å². The van der Waals surface area contributed by atoms with Gasteiger partial charge in [0.25, 0.3) is 0 Å². The molecule has 0 unspecified atom stereocenters. The van der Waals surface area contributed by atoms with Gasteiger partial charge in [-0.1, -0.05) is 18.2 Å². The summed E-state index contributed by atoms with van der Waals surface area (Å²) in [6.45, 7) is 4.90. The Morgan fingerprint density at radius 2 is 1.92 bits per heavy atom. The van der Waals surface area contributed by atoms with E-state index in [2.05, 4.69) is 21.4 Å². The van der Waals surface area contributed by atoms with E-state index in [-0.39, 0.29) is 30.9 Å². The summed E-state index contributed by atoms with van der Waals surface area (Å²) in [5.41, 5.74) is 8.17. The van der Waals surface area contributed by atoms with Gasteiger partial charge in [0.2, 0.25) is 0 Å². The van der Waals surface area contributed by atoms with Gasteiger partial charge in [0.05, 0.1) is 6.10 Å². The highest BCUT2D eigenvalue weighted by Gasteiger charge is 2.28. The molecule has 0 spiro atoms. The third-order valence-electron chi connectivity index (χ3n) is 4.32. The zero-order valence-electron chi connectivity index (χ0n) is 15.2. The number of hydrogen-bond acceptors (Lipinski definition) is 5. The zero-order valence-corrected chi connectivity index (χ0v) is 16.9. The molecule has 144 valence electrons. The number of aromatic nitrogens is 2. The fourth-order valence-electron chi connectivity index (χ4n) is 3.00. The van der Waals surface area contributed by atoms with Crippen LogP contribution in [0.2, 0.25) is 0 Å². The number of para-hydroxylation sites is 1. The summed E-state index contributed by atoms with van der Waals surface area (Å²) >= 11 is 0. The molecule has 3 rings (SSSR count). The van der Waals surface area contributed by atoms with Crippen molar-refractivity contribution in [2.75, 3.05) is 11.9 Å². The molecule has 26 heavy (non-hydrogen) atoms. The van der Waals surface area contributed by atoms with Crippen LogP contribution in [0.15, 0.2) is 36.7 Å². The highest BCUT2D eigenvalue weighted by atomic mass is 35.5. The molecule has 0 radical (unpaired) electrons. The largest absolute Gasteiger partial charge is 0.491 e. The van der Waals surface area contributed by atoms with Gasteiger partial charge in [0.15, 0.2) is 0 Å². The second kappa shape index (κ2) is 10.6. The molecular formula is C19H28Cl2N4O. The monoisotopic (exact) mass is 398 g/mol. The van der Waals surface area contributed by atoms with Crippen molar-refractivity contribution in [3.63, 3.8) is 0 Å². The minimum absolute atomic E-state index is 0. The number of anilines is 1. The van der Waals surface area contributed by atoms with E-state index in [9.17, 15) is 0 Å². The minimum Gasteiger partial charge on any atom is -0.491 e. The van der Waals surface area contributed by atoms with Crippen LogP contribution in [0.1, 0.15) is 43.9 Å². The fraction of sp³-hybridized carbons (Fsp3) is 0.474. The molecule has 1 aliphatic carbocycles. The van der Waals surface area contributed by atoms with Crippen molar-refractivity contribution in [1.82, 2.24) is 9.97 Å². The first-order chi connectivity index (χ1) is 11.6. The van der Waals surface area contributed by atoms with Gasteiger partial charge in [-0.15, -0.1) is 24.8 Å². The summed E-state index contributed by atoms with van der Waals surface area (Å²) in [5, 5.41) is 3.39. The van der Waals surface area contributed by atoms with Gasteiger partial charge in [-0.3, -0.25) is 0 Å². The van der Waals surface area contributed by atoms with Crippen LogP contribution in [0.5, 0.6) is 5.75 Å². The lowest BCUT2D eigenvalue weighted by molar-refractivity contribution is 0.240. The van der Waals surface area contributed by atoms with E-state index < -0.39 is 0 Å². The smallest absolute Gasteiger partial charge is 0.129 e. The minimum atomic E-state index is 0. The van der Waals surface area contributed by atoms with Gasteiger partial charge >= 0.3 is 0 Å². The SMILES string of the molecule is CC(C)Oc1ccccc1CCNc1cc(C2CC(N)C2)ncn1.Cl.Cl. The van der Waals surface area contributed by atoms with Crippen molar-refractivity contribution in [3.05, 3.63) is 47.9 Å². The Morgan fingerprint density at radius 1 is 1.19 bits per heavy atom. The molecule has 1 fully saturated rings. The lowest BCUT2D eigenvalue weighted by Gasteiger charge is -2.31. The molecule has 1 aliphatic rings. The lowest BCUT2D eigenvalue weighted by atomic mass is 9.79. The van der Waals surface area contributed by atoms with Gasteiger partial charge in [-0.2, -0.15) is 0 Å². The first-order valence-electron chi connectivity index (χ1n) is 8.67. The Morgan fingerprint density at radius 3 is 2.62 bits per heavy atom. The van der Waals surface area contributed by atoms with Gasteiger partial charge < -0.3 is 15.8 Å². The van der Waals surface area contributed by atoms with Crippen molar-refractivity contribution >= 4 is 30.6 Å². The third kappa shape index (κ3) is 6.01. The maximum absolute atomic E-state index is 5.87. The Kier molecular flexibility index (Phi) is 9.13. The van der Waals surface area contributed by atoms with E-state index in [1.165, 1.54) is 5.56 Å². The summed E-state index contributed by atoms with van der Waals surface area (Å²) in [7, 11) is 0. The number of nitrogens with zero attached hydrogens (tertiary/aromatic N) is 2. The average molecular weight is 399 g/mol. The molecule has 0 aliphatic heterocycles. The van der Waals surface area contributed by atoms with Crippen LogP contribution in [-0.4, -0.2) is 28.7 Å². The Bertz CT molecular complexity index is 678. The summed E-state index contributed by atoms with van der Waals surface area (Å²) in [6, 6.07) is 10.6. The van der Waals surface area contributed by atoms with E-state index in [1.54, 1.807) is 6.33 Å². The zero-order chi connectivity index (χ0) is 16.9. The normalized spacial score (nSPS) is 18.3. The predicted octanol–water partition coefficient (Wildman–Crippen LogP) is 3.97. The number of halogens is 2. The van der Waals surface area contributed by atoms with Crippen molar-refractivity contribution in [3.8, 4) is 5.75 Å². The van der Waals surface area contributed by atoms with Crippen LogP contribution in [0.3, 0.4) is 0 Å². The molecular weight excluding hydrogens is 371 g/mol. The number of nitrogens with one attached hydrogen (secondary N) is 1. The molecule has 0 saturated heterocycles. The van der Waals surface area contributed by atoms with E-state index in [0.717, 1.165) is 43.1 Å². The highest BCUT2D eigenvalue weighted by molar-refractivity contribution is 5.85. The molecule has 0 amide bonds. The maximum Gasteiger partial charge on any atom is 0.129 e. The van der Waals surface area contributed by atoms with Crippen LogP contribution in [0.25, 0.3) is 0 Å². The molecule has 2 aromatic rings. The topological polar surface area (TPSA) is 73.1 Å². The van der Waals surface area contributed by atoms with Crippen LogP contribution >= 0.6 is 24.8 Å². The Balaban J connectivity index is 0.00000169. The van der Waals surface area contributed by atoms with Crippen LogP contribution in [0, 0.1) is 0 Å². The van der Waals surface area contributed by atoms with E-state index in [4.69, 9.17) is 10.5 Å². The second-order valence-electron chi connectivity index (χ2n) is 6.71. The molecule has 5 nitrogen and oxygen atoms in total. The van der Waals surface area contributed by atoms with Crippen LogP contribution in [0.4, 0.5) is 5.82 Å². The second-order valence-corrected chi connectivity index (χ2v) is 6.71. The van der Waals surface area contributed by atoms with Gasteiger partial charge in [-0.25, -0.2) is 9.97 Å². The molecule has 3 N–H and O–H groups in total. The average Bonchev–Trinajstić information content (AvgIpc) is 2.53. The number of rotatable bonds is 7. The van der Waals surface area contributed by atoms with Gasteiger partial charge in [0.1, 0.15) is 17.9 Å². The molecule has 1 aromatic heterocycles. The highest BCUT2D eigenvalue weighted by Crippen LogP contribution is 2.34. The van der Waals surface area contributed by atoms with Gasteiger partial charge in [-0.05, 0) is 44.7 Å². The van der Waals surface area contributed by atoms with Crippen molar-refractivity contribution in [2.24, 2.45) is 5.73 Å². The van der Waals surface area contributed by atoms with Crippen LogP contribution < -0.4 is 15.8 Å². The summed E-state index contributed by atoms with van der Waals surface area (Å²) in [6.07, 6.45) is 4.75. The molecule has 7 heteroatoms. The number of benzene rings is 1. The molecule has 1 aromatic carbocycles. The predicted molar refractivity (Wildman–Crippen MR) is 111 cm³/mol. The van der Waals surface area contributed by atoms with Crippen LogP contribution in [-0.2, 0) is 6.42 Å². The molecule has 1 saturated carbocycles. The molecule has 0 atom stereocenters. The number of nitrogens with two attached hydrogens (primary N) is 1. The first kappa shape index (κ1) is 22.5. The Labute approximate surface area is 168 Å². The number of hydrogen-bond donors (Lipinski definition) is 2. The van der Waals surface area contributed by atoms with Crippen molar-refractivity contribution in [2.45, 2.75) is 51.2 Å². The summed E-state index contributed by atoms with van der Waals surface area (Å²) < 4.78 is 5.87. The maximum atomic E-state index is 5.87. The van der Waals surface area contributed by atoms with E-state index in [0.29, 0.717) is 12.0 Å².